The summed E-state index contributed by atoms with van der Waals surface area (Å²) in [4.78, 5) is 16.2. The maximum Gasteiger partial charge on any atom is 0.243 e. The Hall–Kier alpha value is -0.610. The second-order valence-corrected chi connectivity index (χ2v) is 5.36. The van der Waals surface area contributed by atoms with Crippen LogP contribution in [0.3, 0.4) is 0 Å². The number of nitrogens with zero attached hydrogens (tertiary/aromatic N) is 1. The van der Waals surface area contributed by atoms with E-state index in [2.05, 4.69) is 10.3 Å². The van der Waals surface area contributed by atoms with Gasteiger partial charge < -0.3 is 5.32 Å². The Bertz CT molecular complexity index is 305. The van der Waals surface area contributed by atoms with Gasteiger partial charge in [0.1, 0.15) is 5.38 Å². The molecule has 14 heavy (non-hydrogen) atoms. The van der Waals surface area contributed by atoms with Crippen LogP contribution in [0, 0.1) is 0 Å². The smallest absolute Gasteiger partial charge is 0.243 e. The molecule has 1 aromatic rings. The van der Waals surface area contributed by atoms with Crippen molar-refractivity contribution >= 4 is 28.8 Å². The molecule has 1 N–H and O–H groups in total. The van der Waals surface area contributed by atoms with Crippen molar-refractivity contribution in [2.75, 3.05) is 0 Å². The van der Waals surface area contributed by atoms with Gasteiger partial charge in [0.05, 0.1) is 10.4 Å². The van der Waals surface area contributed by atoms with E-state index in [0.29, 0.717) is 0 Å². The van der Waals surface area contributed by atoms with Gasteiger partial charge in [-0.1, -0.05) is 0 Å². The molecule has 0 aromatic carbocycles. The van der Waals surface area contributed by atoms with E-state index in [4.69, 9.17) is 11.6 Å². The molecule has 78 valence electrons. The molecule has 1 aromatic heterocycles. The number of carbonyl (C=O) groups is 1. The molecule has 0 fully saturated rings. The summed E-state index contributed by atoms with van der Waals surface area (Å²) in [7, 11) is 0. The summed E-state index contributed by atoms with van der Waals surface area (Å²) in [5, 5.41) is 2.18. The summed E-state index contributed by atoms with van der Waals surface area (Å²) in [6.45, 7) is 5.75. The molecule has 5 heteroatoms. The molecule has 1 unspecified atom stereocenters. The van der Waals surface area contributed by atoms with Crippen LogP contribution in [0.25, 0.3) is 0 Å². The van der Waals surface area contributed by atoms with Crippen molar-refractivity contribution in [3.8, 4) is 0 Å². The Labute approximate surface area is 92.5 Å². The van der Waals surface area contributed by atoms with Gasteiger partial charge in [-0.2, -0.15) is 0 Å². The minimum Gasteiger partial charge on any atom is -0.350 e. The van der Waals surface area contributed by atoms with Gasteiger partial charge in [-0.3, -0.25) is 9.78 Å². The van der Waals surface area contributed by atoms with E-state index in [0.717, 1.165) is 4.88 Å². The molecule has 3 nitrogen and oxygen atoms in total. The number of rotatable bonds is 2. The Balaban J connectivity index is 2.63. The third-order valence-corrected chi connectivity index (χ3v) is 2.83. The topological polar surface area (TPSA) is 42.0 Å². The van der Waals surface area contributed by atoms with E-state index < -0.39 is 5.38 Å². The van der Waals surface area contributed by atoms with Crippen LogP contribution >= 0.6 is 22.9 Å². The molecule has 1 amide bonds. The van der Waals surface area contributed by atoms with Gasteiger partial charge in [-0.05, 0) is 20.8 Å². The lowest BCUT2D eigenvalue weighted by Crippen LogP contribution is -2.42. The second kappa shape index (κ2) is 4.28. The quantitative estimate of drug-likeness (QED) is 0.796. The predicted molar refractivity (Wildman–Crippen MR) is 58.6 cm³/mol. The van der Waals surface area contributed by atoms with Crippen LogP contribution in [-0.2, 0) is 4.79 Å². The van der Waals surface area contributed by atoms with Gasteiger partial charge in [-0.15, -0.1) is 22.9 Å². The van der Waals surface area contributed by atoms with Crippen molar-refractivity contribution in [2.24, 2.45) is 0 Å². The minimum absolute atomic E-state index is 0.177. The highest BCUT2D eigenvalue weighted by molar-refractivity contribution is 7.10. The second-order valence-electron chi connectivity index (χ2n) is 4.01. The van der Waals surface area contributed by atoms with Gasteiger partial charge >= 0.3 is 0 Å². The fourth-order valence-corrected chi connectivity index (χ4v) is 1.77. The van der Waals surface area contributed by atoms with E-state index in [1.165, 1.54) is 11.3 Å². The Kier molecular flexibility index (Phi) is 3.50. The van der Waals surface area contributed by atoms with E-state index in [1.54, 1.807) is 11.7 Å². The monoisotopic (exact) mass is 232 g/mol. The van der Waals surface area contributed by atoms with Gasteiger partial charge in [0, 0.05) is 11.7 Å². The summed E-state index contributed by atoms with van der Waals surface area (Å²) in [6.07, 6.45) is 1.62. The van der Waals surface area contributed by atoms with Crippen LogP contribution in [0.2, 0.25) is 0 Å². The van der Waals surface area contributed by atoms with Crippen molar-refractivity contribution in [3.05, 3.63) is 16.6 Å². The van der Waals surface area contributed by atoms with Crippen molar-refractivity contribution in [1.29, 1.82) is 0 Å². The van der Waals surface area contributed by atoms with E-state index >= 15 is 0 Å². The molecule has 0 aliphatic heterocycles. The SMILES string of the molecule is CC(C)(C)NC(=O)C(Cl)c1cncs1. The zero-order valence-corrected chi connectivity index (χ0v) is 9.95. The van der Waals surface area contributed by atoms with Gasteiger partial charge in [-0.25, -0.2) is 0 Å². The summed E-state index contributed by atoms with van der Waals surface area (Å²) in [6, 6.07) is 0. The van der Waals surface area contributed by atoms with Crippen LogP contribution in [-0.4, -0.2) is 16.4 Å². The normalized spacial score (nSPS) is 13.7. The summed E-state index contributed by atoms with van der Waals surface area (Å²) in [5.74, 6) is -0.177. The highest BCUT2D eigenvalue weighted by Crippen LogP contribution is 2.24. The van der Waals surface area contributed by atoms with Crippen LogP contribution < -0.4 is 5.32 Å². The largest absolute Gasteiger partial charge is 0.350 e. The van der Waals surface area contributed by atoms with Crippen LogP contribution in [0.1, 0.15) is 31.0 Å². The molecule has 0 spiro atoms. The van der Waals surface area contributed by atoms with Crippen molar-refractivity contribution in [3.63, 3.8) is 0 Å². The number of amides is 1. The minimum atomic E-state index is -0.637. The number of halogens is 1. The molecule has 1 atom stereocenters. The van der Waals surface area contributed by atoms with E-state index in [1.807, 2.05) is 20.8 Å². The molecular weight excluding hydrogens is 220 g/mol. The molecule has 1 rings (SSSR count). The molecule has 0 bridgehead atoms. The zero-order chi connectivity index (χ0) is 10.8. The fraction of sp³-hybridized carbons (Fsp3) is 0.556. The Morgan fingerprint density at radius 1 is 1.64 bits per heavy atom. The van der Waals surface area contributed by atoms with Crippen LogP contribution in [0.15, 0.2) is 11.7 Å². The van der Waals surface area contributed by atoms with Gasteiger partial charge in [0.25, 0.3) is 0 Å². The van der Waals surface area contributed by atoms with Crippen molar-refractivity contribution in [1.82, 2.24) is 10.3 Å². The lowest BCUT2D eigenvalue weighted by Gasteiger charge is -2.21. The molecule has 0 aliphatic carbocycles. The number of nitrogens with one attached hydrogen (secondary N) is 1. The third kappa shape index (κ3) is 3.27. The standard InChI is InChI=1S/C9H13ClN2OS/c1-9(2,3)12-8(13)7(10)6-4-11-5-14-6/h4-5,7H,1-3H3,(H,12,13). The Morgan fingerprint density at radius 2 is 2.29 bits per heavy atom. The molecule has 0 saturated carbocycles. The molecule has 0 saturated heterocycles. The lowest BCUT2D eigenvalue weighted by atomic mass is 10.1. The predicted octanol–water partition coefficient (Wildman–Crippen LogP) is 2.34. The number of carbonyl (C=O) groups excluding carboxylic acids is 1. The average molecular weight is 233 g/mol. The number of alkyl halides is 1. The molecule has 1 heterocycles. The number of thiazole rings is 1. The molecule has 0 aliphatic rings. The molecule has 0 radical (unpaired) electrons. The fourth-order valence-electron chi connectivity index (χ4n) is 0.913. The first kappa shape index (κ1) is 11.5. The van der Waals surface area contributed by atoms with Crippen molar-refractivity contribution in [2.45, 2.75) is 31.7 Å². The van der Waals surface area contributed by atoms with Gasteiger partial charge in [0.15, 0.2) is 0 Å². The summed E-state index contributed by atoms with van der Waals surface area (Å²) < 4.78 is 0. The van der Waals surface area contributed by atoms with Crippen molar-refractivity contribution < 1.29 is 4.79 Å². The first-order valence-electron chi connectivity index (χ1n) is 4.24. The first-order valence-corrected chi connectivity index (χ1v) is 5.56. The number of aromatic nitrogens is 1. The summed E-state index contributed by atoms with van der Waals surface area (Å²) in [5.41, 5.74) is 1.41. The van der Waals surface area contributed by atoms with E-state index in [9.17, 15) is 4.79 Å². The average Bonchev–Trinajstić information content (AvgIpc) is 2.51. The maximum absolute atomic E-state index is 11.6. The lowest BCUT2D eigenvalue weighted by molar-refractivity contribution is -0.122. The maximum atomic E-state index is 11.6. The van der Waals surface area contributed by atoms with Crippen LogP contribution in [0.5, 0.6) is 0 Å². The highest BCUT2D eigenvalue weighted by atomic mass is 35.5. The molecular formula is C9H13ClN2OS. The summed E-state index contributed by atoms with van der Waals surface area (Å²) >= 11 is 7.34. The number of hydrogen-bond donors (Lipinski definition) is 1. The van der Waals surface area contributed by atoms with Gasteiger partial charge in [0.2, 0.25) is 5.91 Å². The Morgan fingerprint density at radius 3 is 2.71 bits per heavy atom. The highest BCUT2D eigenvalue weighted by Gasteiger charge is 2.23. The zero-order valence-electron chi connectivity index (χ0n) is 8.37. The van der Waals surface area contributed by atoms with E-state index in [-0.39, 0.29) is 11.4 Å². The number of hydrogen-bond acceptors (Lipinski definition) is 3. The third-order valence-electron chi connectivity index (χ3n) is 1.43. The van der Waals surface area contributed by atoms with Crippen LogP contribution in [0.4, 0.5) is 0 Å². The first-order chi connectivity index (χ1) is 6.40.